The highest BCUT2D eigenvalue weighted by Crippen LogP contribution is 2.04. The van der Waals surface area contributed by atoms with E-state index in [0.29, 0.717) is 13.1 Å². The highest BCUT2D eigenvalue weighted by Gasteiger charge is 2.06. The van der Waals surface area contributed by atoms with Gasteiger partial charge in [0, 0.05) is 13.6 Å². The molecule has 16 heavy (non-hydrogen) atoms. The molecule has 0 saturated heterocycles. The zero-order valence-corrected chi connectivity index (χ0v) is 9.66. The summed E-state index contributed by atoms with van der Waals surface area (Å²) in [6, 6.07) is 6.35. The van der Waals surface area contributed by atoms with Crippen molar-refractivity contribution in [2.75, 3.05) is 27.2 Å². The Kier molecular flexibility index (Phi) is 4.92. The van der Waals surface area contributed by atoms with Gasteiger partial charge in [-0.05, 0) is 31.2 Å². The van der Waals surface area contributed by atoms with Crippen molar-refractivity contribution in [2.24, 2.45) is 0 Å². The maximum atomic E-state index is 12.6. The van der Waals surface area contributed by atoms with E-state index < -0.39 is 0 Å². The second kappa shape index (κ2) is 6.23. The molecular weight excluding hydrogens is 207 g/mol. The molecular formula is C12H17FN2O. The minimum atomic E-state index is -0.233. The Bertz CT molecular complexity index is 337. The van der Waals surface area contributed by atoms with Gasteiger partial charge in [-0.1, -0.05) is 12.1 Å². The molecule has 0 aliphatic rings. The Morgan fingerprint density at radius 2 is 2.00 bits per heavy atom. The van der Waals surface area contributed by atoms with Gasteiger partial charge < -0.3 is 10.2 Å². The van der Waals surface area contributed by atoms with Crippen LogP contribution in [0.4, 0.5) is 4.39 Å². The SMILES string of the molecule is CNCC(=O)N(C)CCc1ccc(F)cc1. The van der Waals surface area contributed by atoms with Crippen molar-refractivity contribution < 1.29 is 9.18 Å². The zero-order chi connectivity index (χ0) is 12.0. The van der Waals surface area contributed by atoms with Gasteiger partial charge in [0.25, 0.3) is 0 Å². The van der Waals surface area contributed by atoms with Crippen LogP contribution in [-0.4, -0.2) is 38.0 Å². The largest absolute Gasteiger partial charge is 0.344 e. The number of carbonyl (C=O) groups excluding carboxylic acids is 1. The van der Waals surface area contributed by atoms with E-state index in [4.69, 9.17) is 0 Å². The molecule has 0 atom stereocenters. The van der Waals surface area contributed by atoms with E-state index >= 15 is 0 Å². The molecule has 0 aromatic heterocycles. The predicted octanol–water partition coefficient (Wildman–Crippen LogP) is 1.05. The smallest absolute Gasteiger partial charge is 0.236 e. The molecule has 1 aromatic rings. The van der Waals surface area contributed by atoms with Crippen LogP contribution in [0.25, 0.3) is 0 Å². The minimum Gasteiger partial charge on any atom is -0.344 e. The molecule has 0 radical (unpaired) electrons. The average Bonchev–Trinajstić information content (AvgIpc) is 2.28. The van der Waals surface area contributed by atoms with E-state index in [1.54, 1.807) is 31.1 Å². The lowest BCUT2D eigenvalue weighted by atomic mass is 10.1. The molecule has 0 fully saturated rings. The molecule has 3 nitrogen and oxygen atoms in total. The lowest BCUT2D eigenvalue weighted by molar-refractivity contribution is -0.128. The van der Waals surface area contributed by atoms with Gasteiger partial charge in [0.1, 0.15) is 5.82 Å². The molecule has 1 aromatic carbocycles. The third-order valence-electron chi connectivity index (χ3n) is 2.40. The van der Waals surface area contributed by atoms with Crippen molar-refractivity contribution in [1.82, 2.24) is 10.2 Å². The van der Waals surface area contributed by atoms with E-state index in [1.165, 1.54) is 12.1 Å². The van der Waals surface area contributed by atoms with Crippen molar-refractivity contribution in [1.29, 1.82) is 0 Å². The van der Waals surface area contributed by atoms with Crippen LogP contribution in [-0.2, 0) is 11.2 Å². The van der Waals surface area contributed by atoms with Gasteiger partial charge in [-0.25, -0.2) is 4.39 Å². The minimum absolute atomic E-state index is 0.0598. The molecule has 0 unspecified atom stereocenters. The van der Waals surface area contributed by atoms with Crippen LogP contribution >= 0.6 is 0 Å². The molecule has 1 amide bonds. The van der Waals surface area contributed by atoms with Crippen LogP contribution in [0, 0.1) is 5.82 Å². The Labute approximate surface area is 95.3 Å². The maximum Gasteiger partial charge on any atom is 0.236 e. The summed E-state index contributed by atoms with van der Waals surface area (Å²) in [7, 11) is 3.51. The van der Waals surface area contributed by atoms with Gasteiger partial charge in [0.15, 0.2) is 0 Å². The monoisotopic (exact) mass is 224 g/mol. The van der Waals surface area contributed by atoms with Crippen molar-refractivity contribution in [3.05, 3.63) is 35.6 Å². The van der Waals surface area contributed by atoms with Crippen molar-refractivity contribution in [3.63, 3.8) is 0 Å². The molecule has 0 bridgehead atoms. The lowest BCUT2D eigenvalue weighted by Gasteiger charge is -2.16. The molecule has 1 N–H and O–H groups in total. The Balaban J connectivity index is 2.39. The summed E-state index contributed by atoms with van der Waals surface area (Å²) in [6.07, 6.45) is 0.742. The second-order valence-corrected chi connectivity index (χ2v) is 3.72. The fourth-order valence-electron chi connectivity index (χ4n) is 1.36. The van der Waals surface area contributed by atoms with Crippen LogP contribution < -0.4 is 5.32 Å². The van der Waals surface area contributed by atoms with E-state index in [2.05, 4.69) is 5.32 Å². The van der Waals surface area contributed by atoms with E-state index in [1.807, 2.05) is 0 Å². The van der Waals surface area contributed by atoms with Gasteiger partial charge in [-0.3, -0.25) is 4.79 Å². The topological polar surface area (TPSA) is 32.3 Å². The molecule has 0 aliphatic carbocycles. The number of benzene rings is 1. The summed E-state index contributed by atoms with van der Waals surface area (Å²) in [5.74, 6) is -0.173. The fourth-order valence-corrected chi connectivity index (χ4v) is 1.36. The first-order chi connectivity index (χ1) is 7.63. The molecule has 88 valence electrons. The predicted molar refractivity (Wildman–Crippen MR) is 61.7 cm³/mol. The Morgan fingerprint density at radius 1 is 1.38 bits per heavy atom. The number of hydrogen-bond donors (Lipinski definition) is 1. The van der Waals surface area contributed by atoms with Crippen molar-refractivity contribution in [2.45, 2.75) is 6.42 Å². The molecule has 0 heterocycles. The van der Waals surface area contributed by atoms with Crippen molar-refractivity contribution >= 4 is 5.91 Å². The highest BCUT2D eigenvalue weighted by molar-refractivity contribution is 5.77. The summed E-state index contributed by atoms with van der Waals surface area (Å²) < 4.78 is 12.6. The highest BCUT2D eigenvalue weighted by atomic mass is 19.1. The number of amides is 1. The van der Waals surface area contributed by atoms with Crippen LogP contribution in [0.3, 0.4) is 0 Å². The number of nitrogens with one attached hydrogen (secondary N) is 1. The Hall–Kier alpha value is -1.42. The van der Waals surface area contributed by atoms with Crippen LogP contribution in [0.1, 0.15) is 5.56 Å². The molecule has 0 aliphatic heterocycles. The van der Waals surface area contributed by atoms with Gasteiger partial charge >= 0.3 is 0 Å². The van der Waals surface area contributed by atoms with E-state index in [0.717, 1.165) is 12.0 Å². The standard InChI is InChI=1S/C12H17FN2O/c1-14-9-12(16)15(2)8-7-10-3-5-11(13)6-4-10/h3-6,14H,7-9H2,1-2H3. The summed E-state index contributed by atoms with van der Waals surface area (Å²) in [5, 5.41) is 2.81. The van der Waals surface area contributed by atoms with E-state index in [-0.39, 0.29) is 11.7 Å². The van der Waals surface area contributed by atoms with Crippen LogP contribution in [0.5, 0.6) is 0 Å². The number of rotatable bonds is 5. The first-order valence-electron chi connectivity index (χ1n) is 5.26. The second-order valence-electron chi connectivity index (χ2n) is 3.72. The Morgan fingerprint density at radius 3 is 2.56 bits per heavy atom. The number of nitrogens with zero attached hydrogens (tertiary/aromatic N) is 1. The van der Waals surface area contributed by atoms with Gasteiger partial charge in [0.05, 0.1) is 6.54 Å². The van der Waals surface area contributed by atoms with Gasteiger partial charge in [-0.15, -0.1) is 0 Å². The maximum absolute atomic E-state index is 12.6. The summed E-state index contributed by atoms with van der Waals surface area (Å²) in [5.41, 5.74) is 1.03. The van der Waals surface area contributed by atoms with Crippen LogP contribution in [0.2, 0.25) is 0 Å². The summed E-state index contributed by atoms with van der Waals surface area (Å²) in [4.78, 5) is 13.1. The van der Waals surface area contributed by atoms with Gasteiger partial charge in [0.2, 0.25) is 5.91 Å². The first kappa shape index (κ1) is 12.6. The molecule has 0 spiro atoms. The third-order valence-corrected chi connectivity index (χ3v) is 2.40. The zero-order valence-electron chi connectivity index (χ0n) is 9.66. The van der Waals surface area contributed by atoms with Gasteiger partial charge in [-0.2, -0.15) is 0 Å². The average molecular weight is 224 g/mol. The summed E-state index contributed by atoms with van der Waals surface area (Å²) in [6.45, 7) is 0.992. The third kappa shape index (κ3) is 3.98. The molecule has 4 heteroatoms. The quantitative estimate of drug-likeness (QED) is 0.810. The lowest BCUT2D eigenvalue weighted by Crippen LogP contribution is -2.35. The van der Waals surface area contributed by atoms with Crippen LogP contribution in [0.15, 0.2) is 24.3 Å². The normalized spacial score (nSPS) is 10.2. The number of carbonyl (C=O) groups is 1. The fraction of sp³-hybridized carbons (Fsp3) is 0.417. The number of likely N-dealkylation sites (N-methyl/N-ethyl adjacent to an activating group) is 2. The first-order valence-corrected chi connectivity index (χ1v) is 5.26. The number of halogens is 1. The van der Waals surface area contributed by atoms with Crippen molar-refractivity contribution in [3.8, 4) is 0 Å². The molecule has 1 rings (SSSR count). The number of hydrogen-bond acceptors (Lipinski definition) is 2. The van der Waals surface area contributed by atoms with E-state index in [9.17, 15) is 9.18 Å². The molecule has 0 saturated carbocycles. The summed E-state index contributed by atoms with van der Waals surface area (Å²) >= 11 is 0.